The first-order valence-electron chi connectivity index (χ1n) is 6.16. The van der Waals surface area contributed by atoms with E-state index in [0.29, 0.717) is 12.4 Å². The van der Waals surface area contributed by atoms with E-state index in [4.69, 9.17) is 14.6 Å². The summed E-state index contributed by atoms with van der Waals surface area (Å²) in [5, 5.41) is 16.3. The van der Waals surface area contributed by atoms with Crippen LogP contribution in [0.5, 0.6) is 17.4 Å². The van der Waals surface area contributed by atoms with Crippen LogP contribution in [0.3, 0.4) is 0 Å². The summed E-state index contributed by atoms with van der Waals surface area (Å²) < 4.78 is 10.9. The first-order chi connectivity index (χ1) is 9.70. The molecular weight excluding hydrogens is 260 g/mol. The van der Waals surface area contributed by atoms with E-state index in [2.05, 4.69) is 10.2 Å². The molecule has 0 aliphatic rings. The predicted molar refractivity (Wildman–Crippen MR) is 71.3 cm³/mol. The van der Waals surface area contributed by atoms with Gasteiger partial charge in [0.05, 0.1) is 12.8 Å². The second-order valence-electron chi connectivity index (χ2n) is 3.98. The van der Waals surface area contributed by atoms with Crippen LogP contribution in [-0.4, -0.2) is 27.9 Å². The topological polar surface area (TPSA) is 81.5 Å². The monoisotopic (exact) mass is 274 g/mol. The normalized spacial score (nSPS) is 10.1. The lowest BCUT2D eigenvalue weighted by Crippen LogP contribution is -2.02. The Morgan fingerprint density at radius 3 is 2.55 bits per heavy atom. The number of nitrogens with zero attached hydrogens (tertiary/aromatic N) is 2. The Labute approximate surface area is 116 Å². The smallest absolute Gasteiger partial charge is 0.341 e. The minimum absolute atomic E-state index is 0.0358. The molecule has 0 atom stereocenters. The van der Waals surface area contributed by atoms with Gasteiger partial charge < -0.3 is 14.6 Å². The van der Waals surface area contributed by atoms with Crippen molar-refractivity contribution >= 4 is 5.97 Å². The van der Waals surface area contributed by atoms with Crippen molar-refractivity contribution in [3.05, 3.63) is 42.1 Å². The fourth-order valence-electron chi connectivity index (χ4n) is 1.49. The van der Waals surface area contributed by atoms with Gasteiger partial charge in [-0.1, -0.05) is 6.92 Å². The molecule has 2 aromatic rings. The van der Waals surface area contributed by atoms with Gasteiger partial charge in [0.2, 0.25) is 0 Å². The van der Waals surface area contributed by atoms with Crippen LogP contribution in [0.15, 0.2) is 36.5 Å². The maximum Gasteiger partial charge on any atom is 0.341 e. The lowest BCUT2D eigenvalue weighted by Gasteiger charge is -2.08. The predicted octanol–water partition coefficient (Wildman–Crippen LogP) is 2.76. The Balaban J connectivity index is 2.12. The molecular formula is C14H14N2O4. The van der Waals surface area contributed by atoms with Crippen LogP contribution >= 0.6 is 0 Å². The number of ether oxygens (including phenoxy) is 2. The van der Waals surface area contributed by atoms with E-state index in [1.165, 1.54) is 12.3 Å². The van der Waals surface area contributed by atoms with Crippen molar-refractivity contribution in [1.82, 2.24) is 10.2 Å². The Morgan fingerprint density at radius 1 is 1.20 bits per heavy atom. The number of rotatable bonds is 6. The van der Waals surface area contributed by atoms with Crippen LogP contribution in [0.4, 0.5) is 0 Å². The molecule has 1 heterocycles. The zero-order valence-electron chi connectivity index (χ0n) is 10.9. The van der Waals surface area contributed by atoms with E-state index >= 15 is 0 Å². The maximum absolute atomic E-state index is 11.0. The van der Waals surface area contributed by atoms with Gasteiger partial charge in [0, 0.05) is 0 Å². The Bertz CT molecular complexity index is 584. The van der Waals surface area contributed by atoms with Crippen molar-refractivity contribution in [1.29, 1.82) is 0 Å². The van der Waals surface area contributed by atoms with Gasteiger partial charge in [-0.15, -0.1) is 5.10 Å². The minimum Gasteiger partial charge on any atom is -0.494 e. The third-order valence-electron chi connectivity index (χ3n) is 2.43. The molecule has 0 aliphatic carbocycles. The molecule has 0 amide bonds. The van der Waals surface area contributed by atoms with Gasteiger partial charge in [0.15, 0.2) is 0 Å². The fourth-order valence-corrected chi connectivity index (χ4v) is 1.49. The molecule has 0 unspecified atom stereocenters. The third kappa shape index (κ3) is 3.44. The molecule has 1 aromatic carbocycles. The lowest BCUT2D eigenvalue weighted by molar-refractivity contribution is 0.0693. The zero-order chi connectivity index (χ0) is 14.4. The Morgan fingerprint density at radius 2 is 1.90 bits per heavy atom. The fraction of sp³-hybridized carbons (Fsp3) is 0.214. The number of benzene rings is 1. The van der Waals surface area contributed by atoms with Gasteiger partial charge in [-0.05, 0) is 36.8 Å². The van der Waals surface area contributed by atoms with Gasteiger partial charge in [-0.2, -0.15) is 5.10 Å². The van der Waals surface area contributed by atoms with E-state index in [0.717, 1.165) is 12.2 Å². The molecule has 0 fully saturated rings. The van der Waals surface area contributed by atoms with Crippen LogP contribution in [0, 0.1) is 0 Å². The average molecular weight is 274 g/mol. The van der Waals surface area contributed by atoms with Crippen molar-refractivity contribution < 1.29 is 19.4 Å². The summed E-state index contributed by atoms with van der Waals surface area (Å²) in [6.07, 6.45) is 2.23. The number of carboxylic acids is 1. The lowest BCUT2D eigenvalue weighted by atomic mass is 10.3. The van der Waals surface area contributed by atoms with Crippen molar-refractivity contribution in [2.45, 2.75) is 13.3 Å². The second-order valence-corrected chi connectivity index (χ2v) is 3.98. The highest BCUT2D eigenvalue weighted by Crippen LogP contribution is 2.24. The Hall–Kier alpha value is -2.63. The number of carboxylic acid groups (broad SMARTS) is 1. The van der Waals surface area contributed by atoms with Crippen LogP contribution < -0.4 is 9.47 Å². The molecule has 0 saturated heterocycles. The summed E-state index contributed by atoms with van der Waals surface area (Å²) in [7, 11) is 0. The average Bonchev–Trinajstić information content (AvgIpc) is 2.47. The molecule has 2 rings (SSSR count). The molecule has 0 bridgehead atoms. The molecule has 1 aromatic heterocycles. The van der Waals surface area contributed by atoms with Gasteiger partial charge in [-0.25, -0.2) is 4.79 Å². The summed E-state index contributed by atoms with van der Waals surface area (Å²) in [6, 6.07) is 8.21. The second kappa shape index (κ2) is 6.51. The van der Waals surface area contributed by atoms with E-state index in [1.807, 2.05) is 6.92 Å². The minimum atomic E-state index is -1.11. The first-order valence-corrected chi connectivity index (χ1v) is 6.16. The van der Waals surface area contributed by atoms with Crippen molar-refractivity contribution in [3.63, 3.8) is 0 Å². The highest BCUT2D eigenvalue weighted by atomic mass is 16.5. The third-order valence-corrected chi connectivity index (χ3v) is 2.43. The number of hydrogen-bond acceptors (Lipinski definition) is 5. The number of aromatic nitrogens is 2. The molecule has 6 heteroatoms. The van der Waals surface area contributed by atoms with E-state index in [-0.39, 0.29) is 11.4 Å². The number of aromatic carboxylic acids is 1. The zero-order valence-corrected chi connectivity index (χ0v) is 10.9. The van der Waals surface area contributed by atoms with Crippen LogP contribution in [-0.2, 0) is 0 Å². The maximum atomic E-state index is 11.0. The quantitative estimate of drug-likeness (QED) is 0.872. The van der Waals surface area contributed by atoms with Gasteiger partial charge in [0.25, 0.3) is 5.88 Å². The molecule has 0 aliphatic heterocycles. The molecule has 6 nitrogen and oxygen atoms in total. The molecule has 104 valence electrons. The first kappa shape index (κ1) is 13.8. The van der Waals surface area contributed by atoms with Crippen molar-refractivity contribution in [2.75, 3.05) is 6.61 Å². The van der Waals surface area contributed by atoms with E-state index < -0.39 is 5.97 Å². The number of carbonyl (C=O) groups is 1. The number of hydrogen-bond donors (Lipinski definition) is 1. The van der Waals surface area contributed by atoms with Crippen LogP contribution in [0.25, 0.3) is 0 Å². The van der Waals surface area contributed by atoms with Crippen LogP contribution in [0.2, 0.25) is 0 Å². The Kier molecular flexibility index (Phi) is 4.49. The summed E-state index contributed by atoms with van der Waals surface area (Å²) in [5.41, 5.74) is -0.0358. The molecule has 0 radical (unpaired) electrons. The van der Waals surface area contributed by atoms with Gasteiger partial charge in [0.1, 0.15) is 17.1 Å². The van der Waals surface area contributed by atoms with E-state index in [9.17, 15) is 4.79 Å². The summed E-state index contributed by atoms with van der Waals surface area (Å²) >= 11 is 0. The highest BCUT2D eigenvalue weighted by molar-refractivity contribution is 5.90. The molecule has 0 spiro atoms. The largest absolute Gasteiger partial charge is 0.494 e. The standard InChI is InChI=1S/C14H14N2O4/c1-2-9-19-10-3-5-11(6-4-10)20-13-12(14(17)18)7-8-15-16-13/h3-8H,2,9H2,1H3,(H,17,18). The molecule has 20 heavy (non-hydrogen) atoms. The van der Waals surface area contributed by atoms with Gasteiger partial charge >= 0.3 is 5.97 Å². The van der Waals surface area contributed by atoms with Crippen molar-refractivity contribution in [3.8, 4) is 17.4 Å². The van der Waals surface area contributed by atoms with Gasteiger partial charge in [-0.3, -0.25) is 0 Å². The highest BCUT2D eigenvalue weighted by Gasteiger charge is 2.13. The molecule has 1 N–H and O–H groups in total. The van der Waals surface area contributed by atoms with E-state index in [1.54, 1.807) is 24.3 Å². The SMILES string of the molecule is CCCOc1ccc(Oc2nnccc2C(=O)O)cc1. The van der Waals surface area contributed by atoms with Crippen molar-refractivity contribution in [2.24, 2.45) is 0 Å². The molecule has 0 saturated carbocycles. The summed E-state index contributed by atoms with van der Waals surface area (Å²) in [4.78, 5) is 11.0. The summed E-state index contributed by atoms with van der Waals surface area (Å²) in [5.74, 6) is 0.0497. The summed E-state index contributed by atoms with van der Waals surface area (Å²) in [6.45, 7) is 2.67. The van der Waals surface area contributed by atoms with Crippen LogP contribution in [0.1, 0.15) is 23.7 Å².